The van der Waals surface area contributed by atoms with Gasteiger partial charge in [0.2, 0.25) is 10.0 Å². The van der Waals surface area contributed by atoms with E-state index in [9.17, 15) is 39.6 Å². The predicted octanol–water partition coefficient (Wildman–Crippen LogP) is 4.67. The zero-order chi connectivity index (χ0) is 24.5. The number of carbonyl (C=O) groups excluding carboxylic acids is 1. The number of ether oxygens (including phenoxy) is 1. The first-order valence-corrected chi connectivity index (χ1v) is 10.3. The van der Waals surface area contributed by atoms with Crippen molar-refractivity contribution in [2.24, 2.45) is 0 Å². The van der Waals surface area contributed by atoms with Crippen LogP contribution in [0.15, 0.2) is 41.3 Å². The van der Waals surface area contributed by atoms with Gasteiger partial charge in [-0.15, -0.1) is 0 Å². The second-order valence-electron chi connectivity index (χ2n) is 6.89. The molecule has 176 valence electrons. The molecule has 13 heteroatoms. The van der Waals surface area contributed by atoms with Crippen molar-refractivity contribution in [3.8, 4) is 5.75 Å². The Bertz CT molecular complexity index is 1080. The molecule has 0 saturated carbocycles. The quantitative estimate of drug-likeness (QED) is 0.584. The molecule has 0 bridgehead atoms. The third-order valence-corrected chi connectivity index (χ3v) is 5.63. The van der Waals surface area contributed by atoms with Crippen molar-refractivity contribution in [3.63, 3.8) is 0 Å². The second kappa shape index (κ2) is 8.98. The fraction of sp³-hybridized carbons (Fsp3) is 0.316. The number of carbonyl (C=O) groups is 1. The number of nitrogens with one attached hydrogen (secondary N) is 2. The summed E-state index contributed by atoms with van der Waals surface area (Å²) in [6.45, 7) is 3.10. The van der Waals surface area contributed by atoms with E-state index in [2.05, 4.69) is 4.72 Å². The van der Waals surface area contributed by atoms with E-state index < -0.39 is 56.0 Å². The van der Waals surface area contributed by atoms with Gasteiger partial charge in [0.25, 0.3) is 5.91 Å². The van der Waals surface area contributed by atoms with E-state index in [0.29, 0.717) is 12.1 Å². The van der Waals surface area contributed by atoms with Crippen LogP contribution in [0.4, 0.5) is 32.0 Å². The van der Waals surface area contributed by atoms with Crippen LogP contribution in [0.1, 0.15) is 35.3 Å². The number of alkyl halides is 6. The van der Waals surface area contributed by atoms with Crippen LogP contribution >= 0.6 is 0 Å². The van der Waals surface area contributed by atoms with Gasteiger partial charge in [-0.1, -0.05) is 0 Å². The van der Waals surface area contributed by atoms with Crippen LogP contribution in [0.5, 0.6) is 5.75 Å². The minimum absolute atomic E-state index is 0.0781. The Morgan fingerprint density at radius 3 is 1.91 bits per heavy atom. The first-order valence-electron chi connectivity index (χ1n) is 8.86. The van der Waals surface area contributed by atoms with E-state index in [-0.39, 0.29) is 17.4 Å². The summed E-state index contributed by atoms with van der Waals surface area (Å²) in [7, 11) is -2.95. The molecule has 2 aromatic rings. The van der Waals surface area contributed by atoms with Crippen molar-refractivity contribution >= 4 is 21.6 Å². The molecule has 2 aromatic carbocycles. The molecule has 0 aliphatic carbocycles. The summed E-state index contributed by atoms with van der Waals surface area (Å²) in [4.78, 5) is 12.1. The summed E-state index contributed by atoms with van der Waals surface area (Å²) in [5.41, 5.74) is -4.32. The van der Waals surface area contributed by atoms with Gasteiger partial charge in [0.15, 0.2) is 0 Å². The SMILES string of the molecule is COc1ccc(C(=O)Nc2cc(C(F)(F)F)cc(C(F)(F)F)c2)cc1S(=O)(=O)NC(C)C. The highest BCUT2D eigenvalue weighted by atomic mass is 32.2. The first kappa shape index (κ1) is 25.5. The highest BCUT2D eigenvalue weighted by Crippen LogP contribution is 2.37. The van der Waals surface area contributed by atoms with Gasteiger partial charge in [-0.25, -0.2) is 13.1 Å². The molecule has 2 rings (SSSR count). The van der Waals surface area contributed by atoms with Crippen LogP contribution in [0, 0.1) is 0 Å². The molecule has 1 amide bonds. The van der Waals surface area contributed by atoms with Gasteiger partial charge in [-0.2, -0.15) is 26.3 Å². The molecule has 6 nitrogen and oxygen atoms in total. The van der Waals surface area contributed by atoms with Crippen LogP contribution in [0.2, 0.25) is 0 Å². The van der Waals surface area contributed by atoms with Crippen LogP contribution in [-0.4, -0.2) is 27.5 Å². The summed E-state index contributed by atoms with van der Waals surface area (Å²) in [5.74, 6) is -1.24. The van der Waals surface area contributed by atoms with E-state index in [4.69, 9.17) is 4.74 Å². The molecule has 0 aromatic heterocycles. The van der Waals surface area contributed by atoms with Crippen LogP contribution in [-0.2, 0) is 22.4 Å². The van der Waals surface area contributed by atoms with E-state index in [0.717, 1.165) is 18.2 Å². The molecule has 0 unspecified atom stereocenters. The summed E-state index contributed by atoms with van der Waals surface area (Å²) in [6, 6.07) is 3.25. The fourth-order valence-corrected chi connectivity index (χ4v) is 4.08. The average Bonchev–Trinajstić information content (AvgIpc) is 2.64. The maximum Gasteiger partial charge on any atom is 0.416 e. The predicted molar refractivity (Wildman–Crippen MR) is 103 cm³/mol. The molecule has 0 spiro atoms. The van der Waals surface area contributed by atoms with Crippen LogP contribution < -0.4 is 14.8 Å². The van der Waals surface area contributed by atoms with Crippen molar-refractivity contribution in [2.45, 2.75) is 37.1 Å². The van der Waals surface area contributed by atoms with Crippen molar-refractivity contribution in [2.75, 3.05) is 12.4 Å². The Morgan fingerprint density at radius 1 is 0.938 bits per heavy atom. The number of methoxy groups -OCH3 is 1. The smallest absolute Gasteiger partial charge is 0.416 e. The van der Waals surface area contributed by atoms with Gasteiger partial charge in [-0.3, -0.25) is 4.79 Å². The lowest BCUT2D eigenvalue weighted by Gasteiger charge is -2.16. The third kappa shape index (κ3) is 6.13. The Hall–Kier alpha value is -2.80. The summed E-state index contributed by atoms with van der Waals surface area (Å²) < 4.78 is 110. The summed E-state index contributed by atoms with van der Waals surface area (Å²) >= 11 is 0. The minimum Gasteiger partial charge on any atom is -0.495 e. The number of benzene rings is 2. The van der Waals surface area contributed by atoms with Crippen molar-refractivity contribution in [1.29, 1.82) is 0 Å². The van der Waals surface area contributed by atoms with Crippen LogP contribution in [0.3, 0.4) is 0 Å². The van der Waals surface area contributed by atoms with E-state index >= 15 is 0 Å². The molecule has 0 saturated heterocycles. The molecule has 2 N–H and O–H groups in total. The topological polar surface area (TPSA) is 84.5 Å². The highest BCUT2D eigenvalue weighted by Gasteiger charge is 2.37. The zero-order valence-corrected chi connectivity index (χ0v) is 17.7. The molecular weight excluding hydrogens is 466 g/mol. The Labute approximate surface area is 179 Å². The number of sulfonamides is 1. The van der Waals surface area contributed by atoms with Crippen molar-refractivity contribution < 1.29 is 44.3 Å². The fourth-order valence-electron chi connectivity index (χ4n) is 2.63. The molecule has 0 aliphatic heterocycles. The molecule has 0 heterocycles. The Morgan fingerprint density at radius 2 is 1.47 bits per heavy atom. The molecule has 32 heavy (non-hydrogen) atoms. The standard InChI is InChI=1S/C19H18F6N2O4S/c1-10(2)27-32(29,30)16-6-11(4-5-15(16)31-3)17(28)26-14-8-12(18(20,21)22)7-13(9-14)19(23,24)25/h4-10,27H,1-3H3,(H,26,28). The van der Waals surface area contributed by atoms with Gasteiger partial charge in [-0.05, 0) is 50.2 Å². The first-order chi connectivity index (χ1) is 14.5. The van der Waals surface area contributed by atoms with Gasteiger partial charge in [0.1, 0.15) is 10.6 Å². The maximum atomic E-state index is 13.0. The van der Waals surface area contributed by atoms with Gasteiger partial charge in [0.05, 0.1) is 18.2 Å². The zero-order valence-electron chi connectivity index (χ0n) is 16.9. The summed E-state index contributed by atoms with van der Waals surface area (Å²) in [6.07, 6.45) is -10.2. The van der Waals surface area contributed by atoms with E-state index in [1.165, 1.54) is 7.11 Å². The number of amides is 1. The second-order valence-corrected chi connectivity index (χ2v) is 8.57. The number of rotatable bonds is 6. The monoisotopic (exact) mass is 484 g/mol. The third-order valence-electron chi connectivity index (χ3n) is 3.95. The number of hydrogen-bond acceptors (Lipinski definition) is 4. The van der Waals surface area contributed by atoms with Crippen LogP contribution in [0.25, 0.3) is 0 Å². The number of hydrogen-bond donors (Lipinski definition) is 2. The van der Waals surface area contributed by atoms with Crippen molar-refractivity contribution in [1.82, 2.24) is 4.72 Å². The molecule has 0 aliphatic rings. The van der Waals surface area contributed by atoms with E-state index in [1.807, 2.05) is 5.32 Å². The maximum absolute atomic E-state index is 13.0. The molecule has 0 radical (unpaired) electrons. The largest absolute Gasteiger partial charge is 0.495 e. The van der Waals surface area contributed by atoms with E-state index in [1.54, 1.807) is 13.8 Å². The Kier molecular flexibility index (Phi) is 7.15. The average molecular weight is 484 g/mol. The Balaban J connectivity index is 2.48. The number of halogens is 6. The molecule has 0 fully saturated rings. The highest BCUT2D eigenvalue weighted by molar-refractivity contribution is 7.89. The minimum atomic E-state index is -5.09. The van der Waals surface area contributed by atoms with Gasteiger partial charge >= 0.3 is 12.4 Å². The normalized spacial score (nSPS) is 12.7. The lowest BCUT2D eigenvalue weighted by atomic mass is 10.1. The lowest BCUT2D eigenvalue weighted by molar-refractivity contribution is -0.143. The van der Waals surface area contributed by atoms with Gasteiger partial charge < -0.3 is 10.1 Å². The molecule has 0 atom stereocenters. The summed E-state index contributed by atoms with van der Waals surface area (Å²) in [5, 5.41) is 1.95. The molecular formula is C19H18F6N2O4S. The lowest BCUT2D eigenvalue weighted by Crippen LogP contribution is -2.30. The van der Waals surface area contributed by atoms with Crippen molar-refractivity contribution in [3.05, 3.63) is 53.1 Å². The van der Waals surface area contributed by atoms with Gasteiger partial charge in [0, 0.05) is 17.3 Å². The number of anilines is 1.